The number of likely N-dealkylation sites (N-methyl/N-ethyl adjacent to an activating group) is 1. The molecule has 2 aromatic rings. The Labute approximate surface area is 192 Å². The first kappa shape index (κ1) is 23.0. The van der Waals surface area contributed by atoms with E-state index in [0.717, 1.165) is 38.4 Å². The molecule has 1 amide bonds. The van der Waals surface area contributed by atoms with Gasteiger partial charge in [-0.3, -0.25) is 4.79 Å². The van der Waals surface area contributed by atoms with Crippen LogP contribution in [-0.4, -0.2) is 50.1 Å². The summed E-state index contributed by atoms with van der Waals surface area (Å²) < 4.78 is 5.61. The van der Waals surface area contributed by atoms with Crippen LogP contribution in [0.1, 0.15) is 18.1 Å². The van der Waals surface area contributed by atoms with Crippen molar-refractivity contribution in [1.29, 1.82) is 0 Å². The number of ether oxygens (including phenoxy) is 1. The third-order valence-corrected chi connectivity index (χ3v) is 6.88. The van der Waals surface area contributed by atoms with Crippen LogP contribution < -0.4 is 15.0 Å². The van der Waals surface area contributed by atoms with Crippen LogP contribution in [0.4, 0.5) is 11.4 Å². The van der Waals surface area contributed by atoms with Gasteiger partial charge in [0.15, 0.2) is 12.4 Å². The maximum atomic E-state index is 12.3. The minimum absolute atomic E-state index is 0.208. The van der Waals surface area contributed by atoms with Crippen LogP contribution in [0, 0.1) is 13.8 Å². The molecule has 0 aromatic heterocycles. The highest BCUT2D eigenvalue weighted by molar-refractivity contribution is 6.42. The first-order chi connectivity index (χ1) is 14.3. The van der Waals surface area contributed by atoms with E-state index in [2.05, 4.69) is 22.0 Å². The van der Waals surface area contributed by atoms with Gasteiger partial charge in [0.2, 0.25) is 0 Å². The maximum Gasteiger partial charge on any atom is 0.262 e. The number of anilines is 2. The van der Waals surface area contributed by atoms with Crippen LogP contribution in [0.15, 0.2) is 24.3 Å². The fourth-order valence-electron chi connectivity index (χ4n) is 3.45. The third kappa shape index (κ3) is 5.14. The highest BCUT2D eigenvalue weighted by atomic mass is 35.5. The summed E-state index contributed by atoms with van der Waals surface area (Å²) in [6, 6.07) is 7.85. The van der Waals surface area contributed by atoms with Crippen molar-refractivity contribution in [3.63, 3.8) is 0 Å². The van der Waals surface area contributed by atoms with Crippen molar-refractivity contribution in [2.24, 2.45) is 0 Å². The number of piperazine rings is 1. The molecule has 0 radical (unpaired) electrons. The lowest BCUT2D eigenvalue weighted by atomic mass is 10.1. The van der Waals surface area contributed by atoms with Crippen molar-refractivity contribution in [3.8, 4) is 5.75 Å². The average molecular weight is 471 g/mol. The lowest BCUT2D eigenvalue weighted by Gasteiger charge is -2.35. The summed E-state index contributed by atoms with van der Waals surface area (Å²) in [5, 5.41) is 3.96. The zero-order chi connectivity index (χ0) is 21.8. The zero-order valence-corrected chi connectivity index (χ0v) is 19.7. The molecule has 0 bridgehead atoms. The molecular formula is C22H26Cl3N3O2. The van der Waals surface area contributed by atoms with Crippen molar-refractivity contribution in [2.75, 3.05) is 49.5 Å². The van der Waals surface area contributed by atoms with Crippen molar-refractivity contribution >= 4 is 52.1 Å². The van der Waals surface area contributed by atoms with Gasteiger partial charge in [0.1, 0.15) is 0 Å². The number of hydrogen-bond acceptors (Lipinski definition) is 4. The van der Waals surface area contributed by atoms with Crippen molar-refractivity contribution in [3.05, 3.63) is 50.5 Å². The van der Waals surface area contributed by atoms with E-state index >= 15 is 0 Å². The Hall–Kier alpha value is -1.66. The number of benzene rings is 2. The maximum absolute atomic E-state index is 12.3. The Balaban J connectivity index is 1.57. The molecule has 5 nitrogen and oxygen atoms in total. The SMILES string of the molecule is CCN1CCN(c2ccc(NC(=O)COc3c(Cl)c(C)c(Cl)c(C)c3Cl)cc2)CC1. The summed E-state index contributed by atoms with van der Waals surface area (Å²) in [7, 11) is 0. The van der Waals surface area contributed by atoms with Gasteiger partial charge >= 0.3 is 0 Å². The van der Waals surface area contributed by atoms with Crippen LogP contribution in [0.25, 0.3) is 0 Å². The minimum atomic E-state index is -0.295. The molecule has 1 aliphatic heterocycles. The number of nitrogens with zero attached hydrogens (tertiary/aromatic N) is 2. The van der Waals surface area contributed by atoms with Gasteiger partial charge in [-0.1, -0.05) is 41.7 Å². The van der Waals surface area contributed by atoms with Crippen LogP contribution in [0.3, 0.4) is 0 Å². The third-order valence-electron chi connectivity index (χ3n) is 5.40. The van der Waals surface area contributed by atoms with Gasteiger partial charge in [0.25, 0.3) is 5.91 Å². The predicted octanol–water partition coefficient (Wildman–Crippen LogP) is 5.42. The van der Waals surface area contributed by atoms with E-state index in [9.17, 15) is 4.79 Å². The number of hydrogen-bond donors (Lipinski definition) is 1. The first-order valence-electron chi connectivity index (χ1n) is 9.95. The fourth-order valence-corrected chi connectivity index (χ4v) is 4.27. The molecule has 1 aliphatic rings. The topological polar surface area (TPSA) is 44.8 Å². The Morgan fingerprint density at radius 2 is 1.53 bits per heavy atom. The van der Waals surface area contributed by atoms with Crippen LogP contribution in [0.2, 0.25) is 15.1 Å². The summed E-state index contributed by atoms with van der Waals surface area (Å²) >= 11 is 18.8. The van der Waals surface area contributed by atoms with Crippen molar-refractivity contribution < 1.29 is 9.53 Å². The molecule has 0 aliphatic carbocycles. The second-order valence-corrected chi connectivity index (χ2v) is 8.46. The lowest BCUT2D eigenvalue weighted by Crippen LogP contribution is -2.46. The normalized spacial score (nSPS) is 14.7. The minimum Gasteiger partial charge on any atom is -0.481 e. The molecule has 0 saturated carbocycles. The van der Waals surface area contributed by atoms with E-state index in [1.807, 2.05) is 24.3 Å². The van der Waals surface area contributed by atoms with E-state index in [4.69, 9.17) is 39.5 Å². The molecule has 162 valence electrons. The van der Waals surface area contributed by atoms with Crippen molar-refractivity contribution in [2.45, 2.75) is 20.8 Å². The fraction of sp³-hybridized carbons (Fsp3) is 0.409. The van der Waals surface area contributed by atoms with Gasteiger partial charge < -0.3 is 19.9 Å². The van der Waals surface area contributed by atoms with Gasteiger partial charge in [-0.25, -0.2) is 0 Å². The lowest BCUT2D eigenvalue weighted by molar-refractivity contribution is -0.118. The molecule has 2 aromatic carbocycles. The summed E-state index contributed by atoms with van der Waals surface area (Å²) in [5.74, 6) is -0.0221. The van der Waals surface area contributed by atoms with Gasteiger partial charge in [-0.15, -0.1) is 0 Å². The van der Waals surface area contributed by atoms with Gasteiger partial charge in [0.05, 0.1) is 10.0 Å². The highest BCUT2D eigenvalue weighted by Gasteiger charge is 2.19. The number of carbonyl (C=O) groups excluding carboxylic acids is 1. The zero-order valence-electron chi connectivity index (χ0n) is 17.4. The monoisotopic (exact) mass is 469 g/mol. The van der Waals surface area contributed by atoms with Gasteiger partial charge in [0, 0.05) is 42.6 Å². The number of amides is 1. The molecule has 1 saturated heterocycles. The summed E-state index contributed by atoms with van der Waals surface area (Å²) in [6.45, 7) is 10.8. The molecule has 1 N–H and O–H groups in total. The molecule has 0 atom stereocenters. The van der Waals surface area contributed by atoms with Crippen LogP contribution in [-0.2, 0) is 4.79 Å². The molecule has 1 fully saturated rings. The average Bonchev–Trinajstić information content (AvgIpc) is 2.77. The largest absolute Gasteiger partial charge is 0.481 e. The molecule has 0 unspecified atom stereocenters. The van der Waals surface area contributed by atoms with E-state index in [1.54, 1.807) is 13.8 Å². The molecular weight excluding hydrogens is 445 g/mol. The quantitative estimate of drug-likeness (QED) is 0.612. The second-order valence-electron chi connectivity index (χ2n) is 7.33. The Kier molecular flexibility index (Phi) is 7.75. The summed E-state index contributed by atoms with van der Waals surface area (Å²) in [4.78, 5) is 17.1. The highest BCUT2D eigenvalue weighted by Crippen LogP contribution is 2.42. The number of carbonyl (C=O) groups is 1. The summed E-state index contributed by atoms with van der Waals surface area (Å²) in [6.07, 6.45) is 0. The molecule has 3 rings (SSSR count). The van der Waals surface area contributed by atoms with E-state index < -0.39 is 0 Å². The molecule has 8 heteroatoms. The molecule has 1 heterocycles. The van der Waals surface area contributed by atoms with Crippen molar-refractivity contribution in [1.82, 2.24) is 4.90 Å². The van der Waals surface area contributed by atoms with Crippen LogP contribution in [0.5, 0.6) is 5.75 Å². The van der Waals surface area contributed by atoms with E-state index in [1.165, 1.54) is 0 Å². The standard InChI is InChI=1S/C22H26Cl3N3O2/c1-4-27-9-11-28(12-10-27)17-7-5-16(6-8-17)26-18(29)13-30-22-20(24)14(2)19(23)15(3)21(22)25/h5-8H,4,9-13H2,1-3H3,(H,26,29). The van der Waals surface area contributed by atoms with E-state index in [-0.39, 0.29) is 18.3 Å². The van der Waals surface area contributed by atoms with Crippen LogP contribution >= 0.6 is 34.8 Å². The smallest absolute Gasteiger partial charge is 0.262 e. The first-order valence-corrected chi connectivity index (χ1v) is 11.1. The summed E-state index contributed by atoms with van der Waals surface area (Å²) in [5.41, 5.74) is 3.21. The Morgan fingerprint density at radius 3 is 2.07 bits per heavy atom. The van der Waals surface area contributed by atoms with E-state index in [0.29, 0.717) is 31.9 Å². The number of halogens is 3. The molecule has 0 spiro atoms. The van der Waals surface area contributed by atoms with Gasteiger partial charge in [-0.2, -0.15) is 0 Å². The number of rotatable bonds is 6. The predicted molar refractivity (Wildman–Crippen MR) is 126 cm³/mol. The Bertz CT molecular complexity index is 882. The Morgan fingerprint density at radius 1 is 0.967 bits per heavy atom. The molecule has 30 heavy (non-hydrogen) atoms. The second kappa shape index (κ2) is 10.1. The number of nitrogens with one attached hydrogen (secondary N) is 1. The van der Waals surface area contributed by atoms with Gasteiger partial charge in [-0.05, 0) is 55.8 Å².